The molecule has 0 radical (unpaired) electrons. The van der Waals surface area contributed by atoms with Gasteiger partial charge in [0.15, 0.2) is 5.78 Å². The summed E-state index contributed by atoms with van der Waals surface area (Å²) < 4.78 is 5.98. The Balaban J connectivity index is 0.00000218. The zero-order chi connectivity index (χ0) is 20.0. The Morgan fingerprint density at radius 3 is 2.73 bits per heavy atom. The number of ether oxygens (including phenoxy) is 1. The van der Waals surface area contributed by atoms with Crippen LogP contribution in [0.3, 0.4) is 0 Å². The van der Waals surface area contributed by atoms with E-state index in [9.17, 15) is 14.4 Å². The lowest BCUT2D eigenvalue weighted by molar-refractivity contribution is -0.133. The van der Waals surface area contributed by atoms with Crippen molar-refractivity contribution in [3.05, 3.63) is 59.4 Å². The predicted octanol–water partition coefficient (Wildman–Crippen LogP) is 3.21. The first-order valence-electron chi connectivity index (χ1n) is 9.64. The van der Waals surface area contributed by atoms with Gasteiger partial charge in [-0.1, -0.05) is 18.2 Å². The molecular formula is C22H20ClN3O4. The molecule has 0 spiro atoms. The number of aromatic amines is 1. The van der Waals surface area contributed by atoms with Gasteiger partial charge in [0.05, 0.1) is 30.0 Å². The average Bonchev–Trinajstić information content (AvgIpc) is 3.28. The third-order valence-electron chi connectivity index (χ3n) is 5.57. The zero-order valence-electron chi connectivity index (χ0n) is 16.1. The monoisotopic (exact) mass is 425 g/mol. The van der Waals surface area contributed by atoms with Crippen LogP contribution in [-0.2, 0) is 22.7 Å². The maximum atomic E-state index is 12.9. The number of aromatic nitrogens is 2. The largest absolute Gasteiger partial charge is 0.485 e. The van der Waals surface area contributed by atoms with Crippen molar-refractivity contribution in [3.63, 3.8) is 0 Å². The number of amides is 1. The Hall–Kier alpha value is -3.19. The molecule has 1 amide bonds. The fourth-order valence-electron chi connectivity index (χ4n) is 4.12. The number of carbonyl (C=O) groups is 3. The van der Waals surface area contributed by atoms with Gasteiger partial charge in [0.1, 0.15) is 24.0 Å². The molecule has 1 fully saturated rings. The molecule has 30 heavy (non-hydrogen) atoms. The molecule has 0 bridgehead atoms. The van der Waals surface area contributed by atoms with Crippen molar-refractivity contribution in [2.75, 3.05) is 0 Å². The van der Waals surface area contributed by atoms with E-state index in [4.69, 9.17) is 4.74 Å². The summed E-state index contributed by atoms with van der Waals surface area (Å²) in [5, 5.41) is 0. The highest BCUT2D eigenvalue weighted by Gasteiger charge is 2.39. The van der Waals surface area contributed by atoms with Crippen LogP contribution >= 0.6 is 12.4 Å². The van der Waals surface area contributed by atoms with Gasteiger partial charge < -0.3 is 14.6 Å². The Morgan fingerprint density at radius 2 is 1.93 bits per heavy atom. The normalized spacial score (nSPS) is 18.5. The van der Waals surface area contributed by atoms with Gasteiger partial charge in [-0.2, -0.15) is 0 Å². The van der Waals surface area contributed by atoms with E-state index in [-0.39, 0.29) is 42.9 Å². The number of H-pyrrole nitrogens is 1. The SMILES string of the molecule is Cl.O=C1CCC(N2Cc3c(OCc4nc5ccccc5[nH]4)cccc3C2=O)C(=O)C1. The molecule has 3 aromatic rings. The number of ketones is 2. The lowest BCUT2D eigenvalue weighted by Gasteiger charge is -2.29. The van der Waals surface area contributed by atoms with Gasteiger partial charge in [-0.05, 0) is 30.7 Å². The second-order valence-corrected chi connectivity index (χ2v) is 7.44. The molecule has 1 aromatic heterocycles. The van der Waals surface area contributed by atoms with E-state index >= 15 is 0 Å². The molecule has 1 atom stereocenters. The predicted molar refractivity (Wildman–Crippen MR) is 112 cm³/mol. The molecule has 2 aromatic carbocycles. The van der Waals surface area contributed by atoms with Gasteiger partial charge >= 0.3 is 0 Å². The van der Waals surface area contributed by atoms with Crippen molar-refractivity contribution in [2.45, 2.75) is 38.5 Å². The first-order chi connectivity index (χ1) is 14.1. The number of nitrogens with one attached hydrogen (secondary N) is 1. The highest BCUT2D eigenvalue weighted by atomic mass is 35.5. The summed E-state index contributed by atoms with van der Waals surface area (Å²) >= 11 is 0. The molecule has 5 rings (SSSR count). The van der Waals surface area contributed by atoms with Gasteiger partial charge in [0, 0.05) is 17.5 Å². The number of rotatable bonds is 4. The molecular weight excluding hydrogens is 406 g/mol. The smallest absolute Gasteiger partial charge is 0.255 e. The Kier molecular flexibility index (Phi) is 5.30. The van der Waals surface area contributed by atoms with Gasteiger partial charge in [0.2, 0.25) is 0 Å². The van der Waals surface area contributed by atoms with Gasteiger partial charge in [-0.3, -0.25) is 14.4 Å². The summed E-state index contributed by atoms with van der Waals surface area (Å²) in [6, 6.07) is 12.6. The van der Waals surface area contributed by atoms with Crippen molar-refractivity contribution in [1.82, 2.24) is 14.9 Å². The van der Waals surface area contributed by atoms with Gasteiger partial charge in [-0.25, -0.2) is 4.98 Å². The van der Waals surface area contributed by atoms with E-state index in [1.807, 2.05) is 30.3 Å². The van der Waals surface area contributed by atoms with E-state index in [0.717, 1.165) is 16.6 Å². The van der Waals surface area contributed by atoms with E-state index in [1.54, 1.807) is 17.0 Å². The van der Waals surface area contributed by atoms with E-state index in [2.05, 4.69) is 9.97 Å². The second-order valence-electron chi connectivity index (χ2n) is 7.44. The lowest BCUT2D eigenvalue weighted by Crippen LogP contribution is -2.44. The zero-order valence-corrected chi connectivity index (χ0v) is 16.9. The fraction of sp³-hybridized carbons (Fsp3) is 0.273. The number of imidazole rings is 1. The fourth-order valence-corrected chi connectivity index (χ4v) is 4.12. The first-order valence-corrected chi connectivity index (χ1v) is 9.64. The minimum atomic E-state index is -0.532. The van der Waals surface area contributed by atoms with Crippen molar-refractivity contribution < 1.29 is 19.1 Å². The van der Waals surface area contributed by atoms with Crippen molar-refractivity contribution >= 4 is 40.9 Å². The van der Waals surface area contributed by atoms with E-state index in [0.29, 0.717) is 36.5 Å². The Morgan fingerprint density at radius 1 is 1.10 bits per heavy atom. The van der Waals surface area contributed by atoms with E-state index in [1.165, 1.54) is 0 Å². The molecule has 1 unspecified atom stereocenters. The van der Waals surface area contributed by atoms with Crippen molar-refractivity contribution in [3.8, 4) is 5.75 Å². The second kappa shape index (κ2) is 7.91. The molecule has 1 N–H and O–H groups in total. The quantitative estimate of drug-likeness (QED) is 0.648. The van der Waals surface area contributed by atoms with Crippen LogP contribution in [0.2, 0.25) is 0 Å². The van der Waals surface area contributed by atoms with Crippen LogP contribution in [0.15, 0.2) is 42.5 Å². The lowest BCUT2D eigenvalue weighted by atomic mass is 9.92. The summed E-state index contributed by atoms with van der Waals surface area (Å²) in [5.41, 5.74) is 3.14. The summed E-state index contributed by atoms with van der Waals surface area (Å²) in [5.74, 6) is 0.906. The van der Waals surface area contributed by atoms with Crippen LogP contribution in [-0.4, -0.2) is 38.4 Å². The van der Waals surface area contributed by atoms with Crippen LogP contribution in [0, 0.1) is 0 Å². The maximum Gasteiger partial charge on any atom is 0.255 e. The highest BCUT2D eigenvalue weighted by molar-refractivity contribution is 6.07. The maximum absolute atomic E-state index is 12.9. The van der Waals surface area contributed by atoms with Gasteiger partial charge in [-0.15, -0.1) is 12.4 Å². The highest BCUT2D eigenvalue weighted by Crippen LogP contribution is 2.34. The molecule has 2 aliphatic rings. The summed E-state index contributed by atoms with van der Waals surface area (Å²) in [4.78, 5) is 46.0. The number of hydrogen-bond donors (Lipinski definition) is 1. The molecule has 1 aliphatic heterocycles. The number of hydrogen-bond acceptors (Lipinski definition) is 5. The van der Waals surface area contributed by atoms with Crippen molar-refractivity contribution in [1.29, 1.82) is 0 Å². The van der Waals surface area contributed by atoms with Crippen LogP contribution in [0.25, 0.3) is 11.0 Å². The standard InChI is InChI=1S/C22H19N3O4.ClH/c26-13-8-9-18(19(27)10-13)25-11-15-14(22(25)28)4-3-7-20(15)29-12-21-23-16-5-1-2-6-17(16)24-21;/h1-7,18H,8-12H2,(H,23,24);1H. The number of fused-ring (bicyclic) bond motifs is 2. The number of carbonyl (C=O) groups excluding carboxylic acids is 3. The third kappa shape index (κ3) is 3.45. The molecule has 0 saturated heterocycles. The first kappa shape index (κ1) is 20.1. The molecule has 7 nitrogen and oxygen atoms in total. The Bertz CT molecular complexity index is 1120. The van der Waals surface area contributed by atoms with Crippen LogP contribution in [0.4, 0.5) is 0 Å². The van der Waals surface area contributed by atoms with Crippen molar-refractivity contribution in [2.24, 2.45) is 0 Å². The molecule has 154 valence electrons. The minimum Gasteiger partial charge on any atom is -0.485 e. The molecule has 2 heterocycles. The average molecular weight is 426 g/mol. The number of Topliss-reactive ketones (excluding diaryl/α,β-unsaturated/α-hetero) is 2. The third-order valence-corrected chi connectivity index (χ3v) is 5.57. The number of halogens is 1. The van der Waals surface area contributed by atoms with Crippen LogP contribution < -0.4 is 4.74 Å². The van der Waals surface area contributed by atoms with Crippen LogP contribution in [0.5, 0.6) is 5.75 Å². The number of para-hydroxylation sites is 2. The van der Waals surface area contributed by atoms with Crippen LogP contribution in [0.1, 0.15) is 41.0 Å². The Labute approximate surface area is 178 Å². The molecule has 1 aliphatic carbocycles. The molecule has 1 saturated carbocycles. The van der Waals surface area contributed by atoms with Gasteiger partial charge in [0.25, 0.3) is 5.91 Å². The number of benzene rings is 2. The van der Waals surface area contributed by atoms with E-state index < -0.39 is 6.04 Å². The topological polar surface area (TPSA) is 92.4 Å². The number of nitrogens with zero attached hydrogens (tertiary/aromatic N) is 2. The summed E-state index contributed by atoms with van der Waals surface area (Å²) in [7, 11) is 0. The molecule has 8 heteroatoms. The minimum absolute atomic E-state index is 0. The summed E-state index contributed by atoms with van der Waals surface area (Å²) in [6.07, 6.45) is 0.652. The summed E-state index contributed by atoms with van der Waals surface area (Å²) in [6.45, 7) is 0.561.